The van der Waals surface area contributed by atoms with Crippen molar-refractivity contribution in [3.8, 4) is 0 Å². The lowest BCUT2D eigenvalue weighted by atomic mass is 10.1. The maximum absolute atomic E-state index is 10.7. The van der Waals surface area contributed by atoms with Gasteiger partial charge in [0.05, 0.1) is 0 Å². The van der Waals surface area contributed by atoms with Crippen molar-refractivity contribution < 1.29 is 14.7 Å². The molecule has 1 atom stereocenters. The highest BCUT2D eigenvalue weighted by molar-refractivity contribution is 5.76. The fraction of sp³-hybridized carbons (Fsp3) is 0.750. The van der Waals surface area contributed by atoms with Gasteiger partial charge in [-0.1, -0.05) is 12.8 Å². The molecule has 0 aromatic carbocycles. The molecular weight excluding hydrogens is 158 g/mol. The smallest absolute Gasteiger partial charge is 0.326 e. The molecule has 0 spiro atoms. The number of nitrogens with zero attached hydrogens (tertiary/aromatic N) is 1. The van der Waals surface area contributed by atoms with E-state index >= 15 is 0 Å². The number of likely N-dealkylation sites (tertiary alicyclic amines) is 1. The second-order valence-corrected chi connectivity index (χ2v) is 3.05. The zero-order chi connectivity index (χ0) is 8.97. The van der Waals surface area contributed by atoms with Crippen molar-refractivity contribution in [3.63, 3.8) is 0 Å². The first kappa shape index (κ1) is 9.03. The van der Waals surface area contributed by atoms with E-state index in [0.717, 1.165) is 19.3 Å². The molecule has 12 heavy (non-hydrogen) atoms. The normalized spacial score (nSPS) is 24.7. The molecule has 0 radical (unpaired) electrons. The van der Waals surface area contributed by atoms with Crippen LogP contribution in [-0.4, -0.2) is 35.0 Å². The zero-order valence-electron chi connectivity index (χ0n) is 6.90. The highest BCUT2D eigenvalue weighted by Gasteiger charge is 2.25. The van der Waals surface area contributed by atoms with Crippen molar-refractivity contribution in [3.05, 3.63) is 0 Å². The minimum atomic E-state index is -0.885. The van der Waals surface area contributed by atoms with Crippen molar-refractivity contribution >= 4 is 12.4 Å². The number of hydrogen-bond donors (Lipinski definition) is 1. The lowest BCUT2D eigenvalue weighted by Gasteiger charge is -2.21. The fourth-order valence-corrected chi connectivity index (χ4v) is 1.52. The van der Waals surface area contributed by atoms with Crippen LogP contribution in [0, 0.1) is 0 Å². The van der Waals surface area contributed by atoms with Crippen LogP contribution in [0.1, 0.15) is 25.7 Å². The van der Waals surface area contributed by atoms with Crippen molar-refractivity contribution in [1.82, 2.24) is 4.90 Å². The SMILES string of the molecule is O=CN1CCCCCC1C(=O)O. The van der Waals surface area contributed by atoms with Crippen molar-refractivity contribution in [2.45, 2.75) is 31.7 Å². The van der Waals surface area contributed by atoms with E-state index in [1.807, 2.05) is 0 Å². The van der Waals surface area contributed by atoms with Crippen molar-refractivity contribution in [2.75, 3.05) is 6.54 Å². The van der Waals surface area contributed by atoms with Gasteiger partial charge in [-0.25, -0.2) is 4.79 Å². The topological polar surface area (TPSA) is 57.6 Å². The van der Waals surface area contributed by atoms with Gasteiger partial charge in [0, 0.05) is 6.54 Å². The van der Waals surface area contributed by atoms with Crippen LogP contribution in [-0.2, 0) is 9.59 Å². The third-order valence-electron chi connectivity index (χ3n) is 2.21. The molecule has 1 unspecified atom stereocenters. The summed E-state index contributed by atoms with van der Waals surface area (Å²) in [7, 11) is 0. The first-order valence-electron chi connectivity index (χ1n) is 4.19. The van der Waals surface area contributed by atoms with Crippen LogP contribution in [0.3, 0.4) is 0 Å². The summed E-state index contributed by atoms with van der Waals surface area (Å²) in [5, 5.41) is 8.76. The van der Waals surface area contributed by atoms with Gasteiger partial charge in [-0.2, -0.15) is 0 Å². The molecule has 68 valence electrons. The number of aliphatic carboxylic acids is 1. The summed E-state index contributed by atoms with van der Waals surface area (Å²) in [6, 6.07) is -0.593. The van der Waals surface area contributed by atoms with Gasteiger partial charge < -0.3 is 10.0 Å². The summed E-state index contributed by atoms with van der Waals surface area (Å²) in [5.41, 5.74) is 0. The lowest BCUT2D eigenvalue weighted by Crippen LogP contribution is -2.39. The van der Waals surface area contributed by atoms with E-state index in [4.69, 9.17) is 5.11 Å². The molecule has 0 bridgehead atoms. The van der Waals surface area contributed by atoms with Crippen LogP contribution in [0.2, 0.25) is 0 Å². The summed E-state index contributed by atoms with van der Waals surface area (Å²) >= 11 is 0. The van der Waals surface area contributed by atoms with Crippen molar-refractivity contribution in [1.29, 1.82) is 0 Å². The summed E-state index contributed by atoms with van der Waals surface area (Å²) in [4.78, 5) is 22.6. The molecule has 1 saturated heterocycles. The standard InChI is InChI=1S/C8H13NO3/c10-6-9-5-3-1-2-4-7(9)8(11)12/h6-7H,1-5H2,(H,11,12). The van der Waals surface area contributed by atoms with Crippen LogP contribution < -0.4 is 0 Å². The molecule has 1 rings (SSSR count). The molecule has 4 nitrogen and oxygen atoms in total. The second-order valence-electron chi connectivity index (χ2n) is 3.05. The van der Waals surface area contributed by atoms with E-state index < -0.39 is 12.0 Å². The number of carbonyl (C=O) groups is 2. The first-order chi connectivity index (χ1) is 5.75. The van der Waals surface area contributed by atoms with Crippen LogP contribution >= 0.6 is 0 Å². The Balaban J connectivity index is 2.63. The number of rotatable bonds is 2. The Bertz CT molecular complexity index is 181. The van der Waals surface area contributed by atoms with Gasteiger partial charge in [0.15, 0.2) is 0 Å². The number of hydrogen-bond acceptors (Lipinski definition) is 2. The minimum absolute atomic E-state index is 0.584. The Kier molecular flexibility index (Phi) is 3.08. The van der Waals surface area contributed by atoms with E-state index in [2.05, 4.69) is 0 Å². The molecule has 0 aromatic rings. The van der Waals surface area contributed by atoms with E-state index in [0.29, 0.717) is 19.4 Å². The molecular formula is C8H13NO3. The number of carboxylic acid groups (broad SMARTS) is 1. The number of carboxylic acids is 1. The van der Waals surface area contributed by atoms with Crippen molar-refractivity contribution in [2.24, 2.45) is 0 Å². The molecule has 1 N–H and O–H groups in total. The molecule has 0 saturated carbocycles. The average molecular weight is 171 g/mol. The van der Waals surface area contributed by atoms with Gasteiger partial charge in [-0.15, -0.1) is 0 Å². The van der Waals surface area contributed by atoms with Gasteiger partial charge >= 0.3 is 5.97 Å². The lowest BCUT2D eigenvalue weighted by molar-refractivity contribution is -0.146. The molecule has 1 aliphatic rings. The Labute approximate surface area is 71.2 Å². The molecule has 0 aromatic heterocycles. The third kappa shape index (κ3) is 1.96. The summed E-state index contributed by atoms with van der Waals surface area (Å²) < 4.78 is 0. The Hall–Kier alpha value is -1.06. The molecule has 1 heterocycles. The summed E-state index contributed by atoms with van der Waals surface area (Å²) in [6.07, 6.45) is 4.08. The molecule has 1 aliphatic heterocycles. The van der Waals surface area contributed by atoms with Crippen LogP contribution in [0.25, 0.3) is 0 Å². The van der Waals surface area contributed by atoms with Gasteiger partial charge in [0.2, 0.25) is 6.41 Å². The molecule has 0 aliphatic carbocycles. The first-order valence-corrected chi connectivity index (χ1v) is 4.19. The second kappa shape index (κ2) is 4.09. The quantitative estimate of drug-likeness (QED) is 0.614. The maximum Gasteiger partial charge on any atom is 0.326 e. The van der Waals surface area contributed by atoms with Gasteiger partial charge in [-0.3, -0.25) is 4.79 Å². The Morgan fingerprint density at radius 1 is 1.42 bits per heavy atom. The number of carbonyl (C=O) groups excluding carboxylic acids is 1. The van der Waals surface area contributed by atoms with E-state index in [1.165, 1.54) is 4.90 Å². The number of amides is 1. The van der Waals surface area contributed by atoms with Gasteiger partial charge in [-0.05, 0) is 12.8 Å². The van der Waals surface area contributed by atoms with Crippen LogP contribution in [0.5, 0.6) is 0 Å². The third-order valence-corrected chi connectivity index (χ3v) is 2.21. The van der Waals surface area contributed by atoms with E-state index in [-0.39, 0.29) is 0 Å². The largest absolute Gasteiger partial charge is 0.480 e. The monoisotopic (exact) mass is 171 g/mol. The average Bonchev–Trinajstić information content (AvgIpc) is 2.27. The maximum atomic E-state index is 10.7. The highest BCUT2D eigenvalue weighted by atomic mass is 16.4. The van der Waals surface area contributed by atoms with Crippen LogP contribution in [0.4, 0.5) is 0 Å². The van der Waals surface area contributed by atoms with E-state index in [1.54, 1.807) is 0 Å². The van der Waals surface area contributed by atoms with Gasteiger partial charge in [0.25, 0.3) is 0 Å². The minimum Gasteiger partial charge on any atom is -0.480 e. The summed E-state index contributed by atoms with van der Waals surface area (Å²) in [6.45, 7) is 0.584. The van der Waals surface area contributed by atoms with Gasteiger partial charge in [0.1, 0.15) is 6.04 Å². The molecule has 1 fully saturated rings. The van der Waals surface area contributed by atoms with Crippen LogP contribution in [0.15, 0.2) is 0 Å². The Morgan fingerprint density at radius 2 is 2.17 bits per heavy atom. The predicted molar refractivity (Wildman–Crippen MR) is 42.7 cm³/mol. The van der Waals surface area contributed by atoms with E-state index in [9.17, 15) is 9.59 Å². The molecule has 4 heteroatoms. The Morgan fingerprint density at radius 3 is 2.75 bits per heavy atom. The fourth-order valence-electron chi connectivity index (χ4n) is 1.52. The predicted octanol–water partition coefficient (Wildman–Crippen LogP) is 0.472. The highest BCUT2D eigenvalue weighted by Crippen LogP contribution is 2.15. The summed E-state index contributed by atoms with van der Waals surface area (Å²) in [5.74, 6) is -0.885. The zero-order valence-corrected chi connectivity index (χ0v) is 6.90. The molecule has 1 amide bonds.